The monoisotopic (exact) mass is 406 g/mol. The first kappa shape index (κ1) is 25.2. The van der Waals surface area contributed by atoms with Crippen LogP contribution in [0.1, 0.15) is 149 Å². The lowest BCUT2D eigenvalue weighted by atomic mass is 9.70. The summed E-state index contributed by atoms with van der Waals surface area (Å²) in [5, 5.41) is 0. The van der Waals surface area contributed by atoms with E-state index in [4.69, 9.17) is 4.74 Å². The molecule has 2 aliphatic carbocycles. The van der Waals surface area contributed by atoms with E-state index in [0.717, 1.165) is 24.4 Å². The van der Waals surface area contributed by atoms with Crippen LogP contribution in [-0.4, -0.2) is 12.7 Å². The van der Waals surface area contributed by atoms with Gasteiger partial charge in [0.05, 0.1) is 6.10 Å². The third-order valence-corrected chi connectivity index (χ3v) is 8.09. The first-order valence-corrected chi connectivity index (χ1v) is 13.9. The number of ether oxygens (including phenoxy) is 1. The van der Waals surface area contributed by atoms with E-state index < -0.39 is 0 Å². The van der Waals surface area contributed by atoms with Gasteiger partial charge in [0, 0.05) is 6.61 Å². The molecule has 0 unspecified atom stereocenters. The Hall–Kier alpha value is -0.0400. The summed E-state index contributed by atoms with van der Waals surface area (Å²) in [5.41, 5.74) is 0. The molecule has 0 amide bonds. The third-order valence-electron chi connectivity index (χ3n) is 8.09. The fraction of sp³-hybridized carbons (Fsp3) is 1.00. The highest BCUT2D eigenvalue weighted by molar-refractivity contribution is 4.82. The van der Waals surface area contributed by atoms with Crippen LogP contribution in [-0.2, 0) is 4.74 Å². The maximum absolute atomic E-state index is 6.24. The highest BCUT2D eigenvalue weighted by Crippen LogP contribution is 2.41. The summed E-state index contributed by atoms with van der Waals surface area (Å²) >= 11 is 0. The van der Waals surface area contributed by atoms with Crippen molar-refractivity contribution in [3.63, 3.8) is 0 Å². The fourth-order valence-electron chi connectivity index (χ4n) is 6.02. The molecule has 2 aliphatic rings. The summed E-state index contributed by atoms with van der Waals surface area (Å²) in [6.45, 7) is 5.64. The van der Waals surface area contributed by atoms with Gasteiger partial charge in [0.2, 0.25) is 0 Å². The van der Waals surface area contributed by atoms with E-state index in [9.17, 15) is 0 Å². The summed E-state index contributed by atoms with van der Waals surface area (Å²) in [5.74, 6) is 3.14. The average Bonchev–Trinajstić information content (AvgIpc) is 2.76. The Morgan fingerprint density at radius 3 is 1.59 bits per heavy atom. The van der Waals surface area contributed by atoms with E-state index in [1.165, 1.54) is 135 Å². The van der Waals surface area contributed by atoms with Crippen LogP contribution in [0.15, 0.2) is 0 Å². The summed E-state index contributed by atoms with van der Waals surface area (Å²) in [6, 6.07) is 0. The van der Waals surface area contributed by atoms with Crippen molar-refractivity contribution in [2.75, 3.05) is 6.61 Å². The van der Waals surface area contributed by atoms with Crippen molar-refractivity contribution in [3.8, 4) is 0 Å². The lowest BCUT2D eigenvalue weighted by Gasteiger charge is -2.38. The SMILES string of the molecule is CCCCCCCCCCO[C@H]1CC[C@H]([C@H]2CC[C@H](CCCCCC)CC2)CC1. The first-order chi connectivity index (χ1) is 14.3. The van der Waals surface area contributed by atoms with Crippen molar-refractivity contribution in [1.82, 2.24) is 0 Å². The zero-order valence-corrected chi connectivity index (χ0v) is 20.3. The molecule has 1 nitrogen and oxygen atoms in total. The summed E-state index contributed by atoms with van der Waals surface area (Å²) in [4.78, 5) is 0. The molecule has 0 bridgehead atoms. The van der Waals surface area contributed by atoms with Gasteiger partial charge >= 0.3 is 0 Å². The lowest BCUT2D eigenvalue weighted by Crippen LogP contribution is -2.28. The standard InChI is InChI=1S/C28H54O/c1-3-5-7-9-10-11-12-14-24-29-28-22-20-27(21-23-28)26-18-16-25(17-19-26)15-13-8-6-4-2/h25-28H,3-24H2,1-2H3/t25-,26-,27-,28-. The number of rotatable bonds is 16. The molecule has 2 rings (SSSR count). The molecule has 0 saturated heterocycles. The van der Waals surface area contributed by atoms with E-state index >= 15 is 0 Å². The molecule has 0 aliphatic heterocycles. The smallest absolute Gasteiger partial charge is 0.0575 e. The zero-order chi connectivity index (χ0) is 20.6. The average molecular weight is 407 g/mol. The molecule has 2 fully saturated rings. The fourth-order valence-corrected chi connectivity index (χ4v) is 6.02. The number of hydrogen-bond acceptors (Lipinski definition) is 1. The van der Waals surface area contributed by atoms with Crippen LogP contribution >= 0.6 is 0 Å². The molecule has 0 aromatic carbocycles. The molecular formula is C28H54O. The summed E-state index contributed by atoms with van der Waals surface area (Å²) in [7, 11) is 0. The van der Waals surface area contributed by atoms with Gasteiger partial charge in [-0.25, -0.2) is 0 Å². The van der Waals surface area contributed by atoms with Crippen molar-refractivity contribution < 1.29 is 4.74 Å². The molecule has 0 aromatic rings. The molecule has 1 heteroatoms. The lowest BCUT2D eigenvalue weighted by molar-refractivity contribution is 0.00526. The van der Waals surface area contributed by atoms with Gasteiger partial charge in [0.1, 0.15) is 0 Å². The van der Waals surface area contributed by atoms with Gasteiger partial charge in [0.15, 0.2) is 0 Å². The van der Waals surface area contributed by atoms with Crippen molar-refractivity contribution in [2.45, 2.75) is 155 Å². The normalized spacial score (nSPS) is 27.9. The second kappa shape index (κ2) is 16.6. The Morgan fingerprint density at radius 1 is 0.517 bits per heavy atom. The van der Waals surface area contributed by atoms with E-state index in [1.54, 1.807) is 0 Å². The highest BCUT2D eigenvalue weighted by atomic mass is 16.5. The van der Waals surface area contributed by atoms with Crippen LogP contribution in [0, 0.1) is 17.8 Å². The molecule has 0 atom stereocenters. The van der Waals surface area contributed by atoms with E-state index in [1.807, 2.05) is 0 Å². The van der Waals surface area contributed by atoms with Gasteiger partial charge in [-0.2, -0.15) is 0 Å². The molecule has 29 heavy (non-hydrogen) atoms. The van der Waals surface area contributed by atoms with Crippen molar-refractivity contribution >= 4 is 0 Å². The predicted octanol–water partition coefficient (Wildman–Crippen LogP) is 9.48. The van der Waals surface area contributed by atoms with Crippen molar-refractivity contribution in [2.24, 2.45) is 17.8 Å². The molecular weight excluding hydrogens is 352 g/mol. The van der Waals surface area contributed by atoms with Crippen LogP contribution in [0.3, 0.4) is 0 Å². The quantitative estimate of drug-likeness (QED) is 0.232. The third kappa shape index (κ3) is 11.2. The molecule has 0 spiro atoms. The van der Waals surface area contributed by atoms with Crippen LogP contribution in [0.2, 0.25) is 0 Å². The minimum Gasteiger partial charge on any atom is -0.378 e. The maximum Gasteiger partial charge on any atom is 0.0575 e. The predicted molar refractivity (Wildman–Crippen MR) is 129 cm³/mol. The topological polar surface area (TPSA) is 9.23 Å². The largest absolute Gasteiger partial charge is 0.378 e. The van der Waals surface area contributed by atoms with Crippen molar-refractivity contribution in [1.29, 1.82) is 0 Å². The molecule has 172 valence electrons. The maximum atomic E-state index is 6.24. The molecule has 0 heterocycles. The Labute approximate surface area is 184 Å². The minimum absolute atomic E-state index is 0.589. The van der Waals surface area contributed by atoms with Crippen LogP contribution < -0.4 is 0 Å². The second-order valence-corrected chi connectivity index (χ2v) is 10.5. The van der Waals surface area contributed by atoms with Crippen LogP contribution in [0.4, 0.5) is 0 Å². The number of unbranched alkanes of at least 4 members (excludes halogenated alkanes) is 10. The molecule has 0 N–H and O–H groups in total. The van der Waals surface area contributed by atoms with Crippen LogP contribution in [0.25, 0.3) is 0 Å². The van der Waals surface area contributed by atoms with Gasteiger partial charge in [-0.15, -0.1) is 0 Å². The summed E-state index contributed by atoms with van der Waals surface area (Å²) < 4.78 is 6.24. The summed E-state index contributed by atoms with van der Waals surface area (Å²) in [6.07, 6.45) is 30.8. The van der Waals surface area contributed by atoms with E-state index in [0.29, 0.717) is 6.10 Å². The van der Waals surface area contributed by atoms with Gasteiger partial charge in [-0.3, -0.25) is 0 Å². The number of hydrogen-bond donors (Lipinski definition) is 0. The van der Waals surface area contributed by atoms with Crippen LogP contribution in [0.5, 0.6) is 0 Å². The van der Waals surface area contributed by atoms with Gasteiger partial charge in [-0.1, -0.05) is 104 Å². The Kier molecular flexibility index (Phi) is 14.5. The second-order valence-electron chi connectivity index (χ2n) is 10.5. The zero-order valence-electron chi connectivity index (χ0n) is 20.3. The molecule has 0 radical (unpaired) electrons. The van der Waals surface area contributed by atoms with Gasteiger partial charge in [0.25, 0.3) is 0 Å². The van der Waals surface area contributed by atoms with Gasteiger partial charge < -0.3 is 4.74 Å². The highest BCUT2D eigenvalue weighted by Gasteiger charge is 2.30. The van der Waals surface area contributed by atoms with Gasteiger partial charge in [-0.05, 0) is 62.7 Å². The molecule has 0 aromatic heterocycles. The first-order valence-electron chi connectivity index (χ1n) is 13.9. The van der Waals surface area contributed by atoms with Crippen molar-refractivity contribution in [3.05, 3.63) is 0 Å². The molecule has 2 saturated carbocycles. The Morgan fingerprint density at radius 2 is 1.00 bits per heavy atom. The Balaban J connectivity index is 1.43. The van der Waals surface area contributed by atoms with E-state index in [-0.39, 0.29) is 0 Å². The van der Waals surface area contributed by atoms with E-state index in [2.05, 4.69) is 13.8 Å². The Bertz CT molecular complexity index is 349. The minimum atomic E-state index is 0.589.